The van der Waals surface area contributed by atoms with Gasteiger partial charge in [-0.15, -0.1) is 0 Å². The van der Waals surface area contributed by atoms with Crippen LogP contribution < -0.4 is 4.74 Å². The molecule has 1 aromatic heterocycles. The van der Waals surface area contributed by atoms with E-state index in [-0.39, 0.29) is 16.6 Å². The highest BCUT2D eigenvalue weighted by atomic mass is 35.5. The molecule has 13 heavy (non-hydrogen) atoms. The number of ether oxygens (including phenoxy) is 1. The van der Waals surface area contributed by atoms with Crippen LogP contribution in [0.2, 0.25) is 5.15 Å². The first-order chi connectivity index (χ1) is 6.06. The molecule has 5 heteroatoms. The van der Waals surface area contributed by atoms with Gasteiger partial charge < -0.3 is 4.74 Å². The highest BCUT2D eigenvalue weighted by Gasteiger charge is 2.16. The zero-order valence-electron chi connectivity index (χ0n) is 7.14. The molecule has 1 aromatic rings. The maximum absolute atomic E-state index is 12.4. The summed E-state index contributed by atoms with van der Waals surface area (Å²) >= 11 is 5.63. The van der Waals surface area contributed by atoms with Crippen molar-refractivity contribution in [3.05, 3.63) is 22.3 Å². The van der Waals surface area contributed by atoms with Crippen molar-refractivity contribution in [2.45, 2.75) is 13.3 Å². The van der Waals surface area contributed by atoms with E-state index in [1.807, 2.05) is 0 Å². The molecule has 0 aliphatic heterocycles. The second-order valence-electron chi connectivity index (χ2n) is 2.50. The molecule has 72 valence electrons. The average molecular weight is 208 g/mol. The predicted octanol–water partition coefficient (Wildman–Crippen LogP) is 2.99. The van der Waals surface area contributed by atoms with E-state index >= 15 is 0 Å². The fraction of sp³-hybridized carbons (Fsp3) is 0.375. The molecule has 0 aliphatic carbocycles. The van der Waals surface area contributed by atoms with E-state index in [2.05, 4.69) is 9.72 Å². The lowest BCUT2D eigenvalue weighted by atomic mass is 10.2. The van der Waals surface area contributed by atoms with E-state index in [4.69, 9.17) is 11.6 Å². The number of alkyl halides is 2. The van der Waals surface area contributed by atoms with Gasteiger partial charge in [0.2, 0.25) is 5.88 Å². The van der Waals surface area contributed by atoms with Gasteiger partial charge in [-0.2, -0.15) is 0 Å². The summed E-state index contributed by atoms with van der Waals surface area (Å²) in [5.74, 6) is -0.120. The number of nitrogens with zero attached hydrogens (tertiary/aromatic N) is 1. The minimum Gasteiger partial charge on any atom is -0.481 e. The first-order valence-electron chi connectivity index (χ1n) is 3.55. The Kier molecular flexibility index (Phi) is 3.03. The van der Waals surface area contributed by atoms with Crippen molar-refractivity contribution in [1.29, 1.82) is 0 Å². The van der Waals surface area contributed by atoms with Gasteiger partial charge in [-0.1, -0.05) is 11.6 Å². The lowest BCUT2D eigenvalue weighted by molar-refractivity contribution is 0.146. The summed E-state index contributed by atoms with van der Waals surface area (Å²) in [7, 11) is 1.28. The van der Waals surface area contributed by atoms with E-state index in [1.165, 1.54) is 13.2 Å². The van der Waals surface area contributed by atoms with Gasteiger partial charge in [-0.05, 0) is 18.6 Å². The minimum absolute atomic E-state index is 0.120. The molecule has 0 radical (unpaired) electrons. The molecule has 0 saturated carbocycles. The van der Waals surface area contributed by atoms with Crippen LogP contribution in [0.1, 0.15) is 17.6 Å². The largest absolute Gasteiger partial charge is 0.481 e. The molecule has 1 rings (SSSR count). The van der Waals surface area contributed by atoms with Crippen LogP contribution in [-0.4, -0.2) is 12.1 Å². The highest BCUT2D eigenvalue weighted by molar-refractivity contribution is 6.30. The number of methoxy groups -OCH3 is 1. The second-order valence-corrected chi connectivity index (χ2v) is 2.85. The van der Waals surface area contributed by atoms with E-state index < -0.39 is 6.43 Å². The zero-order chi connectivity index (χ0) is 10.0. The van der Waals surface area contributed by atoms with Gasteiger partial charge in [-0.3, -0.25) is 0 Å². The predicted molar refractivity (Wildman–Crippen MR) is 45.5 cm³/mol. The van der Waals surface area contributed by atoms with Crippen LogP contribution in [0.3, 0.4) is 0 Å². The van der Waals surface area contributed by atoms with Crippen LogP contribution in [0.4, 0.5) is 8.78 Å². The standard InChI is InChI=1S/C8H8ClF2NO/c1-4-3-5(7(10)11)8(13-2)12-6(4)9/h3,7H,1-2H3. The van der Waals surface area contributed by atoms with Crippen LogP contribution in [-0.2, 0) is 0 Å². The van der Waals surface area contributed by atoms with Gasteiger partial charge in [0.1, 0.15) is 5.15 Å². The average Bonchev–Trinajstić information content (AvgIpc) is 2.08. The first-order valence-corrected chi connectivity index (χ1v) is 3.93. The van der Waals surface area contributed by atoms with E-state index in [1.54, 1.807) is 6.92 Å². The number of aryl methyl sites for hydroxylation is 1. The van der Waals surface area contributed by atoms with Crippen LogP contribution in [0.25, 0.3) is 0 Å². The summed E-state index contributed by atoms with van der Waals surface area (Å²) in [5.41, 5.74) is 0.280. The van der Waals surface area contributed by atoms with Gasteiger partial charge in [0, 0.05) is 0 Å². The third-order valence-corrected chi connectivity index (χ3v) is 1.96. The monoisotopic (exact) mass is 207 g/mol. The van der Waals surface area contributed by atoms with Crippen molar-refractivity contribution >= 4 is 11.6 Å². The molecule has 0 unspecified atom stereocenters. The van der Waals surface area contributed by atoms with Crippen molar-refractivity contribution in [3.8, 4) is 5.88 Å². The number of rotatable bonds is 2. The highest BCUT2D eigenvalue weighted by Crippen LogP contribution is 2.30. The molecule has 0 aromatic carbocycles. The molecule has 0 saturated heterocycles. The lowest BCUT2D eigenvalue weighted by Gasteiger charge is -2.08. The maximum atomic E-state index is 12.4. The smallest absolute Gasteiger partial charge is 0.269 e. The Morgan fingerprint density at radius 3 is 2.62 bits per heavy atom. The van der Waals surface area contributed by atoms with E-state index in [0.29, 0.717) is 5.56 Å². The van der Waals surface area contributed by atoms with Crippen molar-refractivity contribution < 1.29 is 13.5 Å². The van der Waals surface area contributed by atoms with E-state index in [9.17, 15) is 8.78 Å². The van der Waals surface area contributed by atoms with Crippen LogP contribution in [0.15, 0.2) is 6.07 Å². The minimum atomic E-state index is -2.60. The summed E-state index contributed by atoms with van der Waals surface area (Å²) in [6.45, 7) is 1.61. The molecular weight excluding hydrogens is 200 g/mol. The number of pyridine rings is 1. The summed E-state index contributed by atoms with van der Waals surface area (Å²) in [5, 5.41) is 0.182. The maximum Gasteiger partial charge on any atom is 0.269 e. The molecule has 0 N–H and O–H groups in total. The van der Waals surface area contributed by atoms with E-state index in [0.717, 1.165) is 0 Å². The van der Waals surface area contributed by atoms with Crippen LogP contribution >= 0.6 is 11.6 Å². The van der Waals surface area contributed by atoms with Gasteiger partial charge in [-0.25, -0.2) is 13.8 Å². The third kappa shape index (κ3) is 2.06. The summed E-state index contributed by atoms with van der Waals surface area (Å²) in [6.07, 6.45) is -2.60. The number of hydrogen-bond donors (Lipinski definition) is 0. The third-order valence-electron chi connectivity index (χ3n) is 1.57. The molecule has 0 spiro atoms. The summed E-state index contributed by atoms with van der Waals surface area (Å²) < 4.78 is 29.4. The van der Waals surface area contributed by atoms with Crippen LogP contribution in [0.5, 0.6) is 5.88 Å². The molecular formula is C8H8ClF2NO. The van der Waals surface area contributed by atoms with Gasteiger partial charge >= 0.3 is 0 Å². The number of aromatic nitrogens is 1. The van der Waals surface area contributed by atoms with Crippen molar-refractivity contribution in [3.63, 3.8) is 0 Å². The van der Waals surface area contributed by atoms with Gasteiger partial charge in [0.15, 0.2) is 0 Å². The Labute approximate surface area is 79.5 Å². The Morgan fingerprint density at radius 2 is 2.15 bits per heavy atom. The first kappa shape index (κ1) is 10.2. The topological polar surface area (TPSA) is 22.1 Å². The van der Waals surface area contributed by atoms with Crippen molar-refractivity contribution in [1.82, 2.24) is 4.98 Å². The summed E-state index contributed by atoms with van der Waals surface area (Å²) in [4.78, 5) is 3.68. The molecule has 0 atom stereocenters. The normalized spacial score (nSPS) is 10.6. The lowest BCUT2D eigenvalue weighted by Crippen LogP contribution is -1.97. The fourth-order valence-electron chi connectivity index (χ4n) is 0.916. The van der Waals surface area contributed by atoms with Crippen molar-refractivity contribution in [2.24, 2.45) is 0 Å². The number of hydrogen-bond acceptors (Lipinski definition) is 2. The fourth-order valence-corrected chi connectivity index (χ4v) is 1.05. The number of halogens is 3. The van der Waals surface area contributed by atoms with Gasteiger partial charge in [0.05, 0.1) is 12.7 Å². The quantitative estimate of drug-likeness (QED) is 0.696. The zero-order valence-corrected chi connectivity index (χ0v) is 7.90. The second kappa shape index (κ2) is 3.87. The Bertz CT molecular complexity index is 317. The SMILES string of the molecule is COc1nc(Cl)c(C)cc1C(F)F. The van der Waals surface area contributed by atoms with Crippen LogP contribution in [0, 0.1) is 6.92 Å². The van der Waals surface area contributed by atoms with Gasteiger partial charge in [0.25, 0.3) is 6.43 Å². The molecule has 0 bridgehead atoms. The Hall–Kier alpha value is -0.900. The van der Waals surface area contributed by atoms with Crippen molar-refractivity contribution in [2.75, 3.05) is 7.11 Å². The molecule has 0 fully saturated rings. The molecule has 0 aliphatic rings. The molecule has 0 amide bonds. The Morgan fingerprint density at radius 1 is 1.54 bits per heavy atom. The summed E-state index contributed by atoms with van der Waals surface area (Å²) in [6, 6.07) is 1.28. The Balaban J connectivity index is 3.25. The molecule has 1 heterocycles. The molecule has 2 nitrogen and oxygen atoms in total.